The smallest absolute Gasteiger partial charge is 0.0940 e. The molecular formula is C14H23ClN2O. The van der Waals surface area contributed by atoms with Gasteiger partial charge in [0.25, 0.3) is 0 Å². The van der Waals surface area contributed by atoms with Crippen LogP contribution in [0.3, 0.4) is 0 Å². The average Bonchev–Trinajstić information content (AvgIpc) is 2.34. The van der Waals surface area contributed by atoms with Crippen LogP contribution >= 0.6 is 11.6 Å². The molecule has 0 radical (unpaired) electrons. The number of rotatable bonds is 7. The van der Waals surface area contributed by atoms with Crippen molar-refractivity contribution in [1.29, 1.82) is 0 Å². The Morgan fingerprint density at radius 2 is 1.89 bits per heavy atom. The zero-order valence-electron chi connectivity index (χ0n) is 11.4. The molecule has 4 heteroatoms. The second-order valence-corrected chi connectivity index (χ2v) is 5.33. The molecule has 0 bridgehead atoms. The van der Waals surface area contributed by atoms with Gasteiger partial charge in [0.05, 0.1) is 6.10 Å². The van der Waals surface area contributed by atoms with Crippen molar-refractivity contribution in [3.05, 3.63) is 34.9 Å². The number of halogens is 1. The van der Waals surface area contributed by atoms with Crippen LogP contribution in [0, 0.1) is 0 Å². The van der Waals surface area contributed by atoms with Crippen LogP contribution in [-0.2, 0) is 0 Å². The van der Waals surface area contributed by atoms with Gasteiger partial charge in [-0.3, -0.25) is 0 Å². The number of hydrogen-bond donors (Lipinski definition) is 2. The van der Waals surface area contributed by atoms with E-state index in [1.807, 2.05) is 19.1 Å². The molecule has 0 aromatic heterocycles. The van der Waals surface area contributed by atoms with Crippen LogP contribution in [0.15, 0.2) is 24.3 Å². The molecule has 0 spiro atoms. The summed E-state index contributed by atoms with van der Waals surface area (Å²) in [5.41, 5.74) is 0.895. The summed E-state index contributed by atoms with van der Waals surface area (Å²) < 4.78 is 0. The average molecular weight is 271 g/mol. The van der Waals surface area contributed by atoms with Crippen molar-refractivity contribution in [2.75, 3.05) is 27.2 Å². The van der Waals surface area contributed by atoms with Crippen molar-refractivity contribution in [1.82, 2.24) is 10.2 Å². The van der Waals surface area contributed by atoms with Crippen LogP contribution < -0.4 is 5.32 Å². The highest BCUT2D eigenvalue weighted by Crippen LogP contribution is 2.19. The van der Waals surface area contributed by atoms with Crippen LogP contribution in [0.1, 0.15) is 25.0 Å². The normalized spacial score (nSPS) is 14.8. The monoisotopic (exact) mass is 270 g/mol. The zero-order chi connectivity index (χ0) is 13.5. The third kappa shape index (κ3) is 5.36. The van der Waals surface area contributed by atoms with Crippen LogP contribution in [0.2, 0.25) is 5.02 Å². The fourth-order valence-corrected chi connectivity index (χ4v) is 1.91. The Bertz CT molecular complexity index is 340. The Kier molecular flexibility index (Phi) is 6.65. The van der Waals surface area contributed by atoms with Crippen LogP contribution in [0.25, 0.3) is 0 Å². The van der Waals surface area contributed by atoms with Crippen molar-refractivity contribution in [3.63, 3.8) is 0 Å². The highest BCUT2D eigenvalue weighted by molar-refractivity contribution is 6.30. The molecule has 0 amide bonds. The number of aliphatic hydroxyl groups excluding tert-OH is 1. The third-order valence-electron chi connectivity index (χ3n) is 2.93. The molecule has 0 saturated heterocycles. The minimum Gasteiger partial charge on any atom is -0.387 e. The van der Waals surface area contributed by atoms with Gasteiger partial charge in [-0.25, -0.2) is 0 Å². The maximum Gasteiger partial charge on any atom is 0.0940 e. The SMILES string of the molecule is CC(NCCCN(C)C)C(O)c1ccc(Cl)cc1. The molecule has 3 nitrogen and oxygen atoms in total. The minimum atomic E-state index is -0.498. The van der Waals surface area contributed by atoms with Gasteiger partial charge in [0.15, 0.2) is 0 Å². The molecule has 2 unspecified atom stereocenters. The lowest BCUT2D eigenvalue weighted by atomic mass is 10.0. The lowest BCUT2D eigenvalue weighted by molar-refractivity contribution is 0.135. The van der Waals surface area contributed by atoms with Gasteiger partial charge in [-0.15, -0.1) is 0 Å². The summed E-state index contributed by atoms with van der Waals surface area (Å²) in [5.74, 6) is 0. The molecule has 102 valence electrons. The molecule has 0 saturated carbocycles. The number of benzene rings is 1. The summed E-state index contributed by atoms with van der Waals surface area (Å²) >= 11 is 5.83. The molecule has 18 heavy (non-hydrogen) atoms. The predicted octanol–water partition coefficient (Wildman–Crippen LogP) is 2.30. The second kappa shape index (κ2) is 7.74. The van der Waals surface area contributed by atoms with E-state index in [9.17, 15) is 5.11 Å². The number of hydrogen-bond acceptors (Lipinski definition) is 3. The van der Waals surface area contributed by atoms with Gasteiger partial charge in [0, 0.05) is 11.1 Å². The first-order chi connectivity index (χ1) is 8.50. The van der Waals surface area contributed by atoms with Crippen molar-refractivity contribution < 1.29 is 5.11 Å². The molecule has 2 atom stereocenters. The van der Waals surface area contributed by atoms with Gasteiger partial charge < -0.3 is 15.3 Å². The maximum atomic E-state index is 10.2. The van der Waals surface area contributed by atoms with E-state index in [1.165, 1.54) is 0 Å². The van der Waals surface area contributed by atoms with Gasteiger partial charge >= 0.3 is 0 Å². The van der Waals surface area contributed by atoms with E-state index >= 15 is 0 Å². The van der Waals surface area contributed by atoms with Gasteiger partial charge in [0.2, 0.25) is 0 Å². The summed E-state index contributed by atoms with van der Waals surface area (Å²) in [6.45, 7) is 3.95. The fourth-order valence-electron chi connectivity index (χ4n) is 1.79. The van der Waals surface area contributed by atoms with Gasteiger partial charge in [-0.1, -0.05) is 23.7 Å². The van der Waals surface area contributed by atoms with E-state index < -0.39 is 6.10 Å². The first-order valence-electron chi connectivity index (χ1n) is 6.32. The molecule has 1 rings (SSSR count). The molecule has 0 aliphatic heterocycles. The largest absolute Gasteiger partial charge is 0.387 e. The summed E-state index contributed by atoms with van der Waals surface area (Å²) in [6.07, 6.45) is 0.576. The molecule has 1 aromatic rings. The van der Waals surface area contributed by atoms with Crippen molar-refractivity contribution in [2.24, 2.45) is 0 Å². The quantitative estimate of drug-likeness (QED) is 0.747. The molecule has 0 aliphatic rings. The third-order valence-corrected chi connectivity index (χ3v) is 3.19. The fraction of sp³-hybridized carbons (Fsp3) is 0.571. The van der Waals surface area contributed by atoms with Crippen molar-refractivity contribution in [3.8, 4) is 0 Å². The first kappa shape index (κ1) is 15.4. The number of nitrogens with zero attached hydrogens (tertiary/aromatic N) is 1. The van der Waals surface area contributed by atoms with Crippen LogP contribution in [0.4, 0.5) is 0 Å². The van der Waals surface area contributed by atoms with E-state index in [2.05, 4.69) is 24.3 Å². The Morgan fingerprint density at radius 3 is 2.44 bits per heavy atom. The first-order valence-corrected chi connectivity index (χ1v) is 6.70. The van der Waals surface area contributed by atoms with Gasteiger partial charge in [-0.2, -0.15) is 0 Å². The number of aliphatic hydroxyl groups is 1. The molecule has 2 N–H and O–H groups in total. The van der Waals surface area contributed by atoms with Crippen LogP contribution in [-0.4, -0.2) is 43.2 Å². The maximum absolute atomic E-state index is 10.2. The van der Waals surface area contributed by atoms with E-state index in [-0.39, 0.29) is 6.04 Å². The highest BCUT2D eigenvalue weighted by atomic mass is 35.5. The number of nitrogens with one attached hydrogen (secondary N) is 1. The summed E-state index contributed by atoms with van der Waals surface area (Å²) in [4.78, 5) is 2.15. The molecule has 0 heterocycles. The Labute approximate surface area is 115 Å². The Morgan fingerprint density at radius 1 is 1.28 bits per heavy atom. The van der Waals surface area contributed by atoms with Crippen LogP contribution in [0.5, 0.6) is 0 Å². The van der Waals surface area contributed by atoms with E-state index in [1.54, 1.807) is 12.1 Å². The predicted molar refractivity (Wildman–Crippen MR) is 77.0 cm³/mol. The van der Waals surface area contributed by atoms with Gasteiger partial charge in [-0.05, 0) is 58.2 Å². The summed E-state index contributed by atoms with van der Waals surface area (Å²) in [7, 11) is 4.12. The lowest BCUT2D eigenvalue weighted by Crippen LogP contribution is -2.34. The molecule has 0 fully saturated rings. The lowest BCUT2D eigenvalue weighted by Gasteiger charge is -2.21. The molecular weight excluding hydrogens is 248 g/mol. The van der Waals surface area contributed by atoms with Crippen molar-refractivity contribution in [2.45, 2.75) is 25.5 Å². The minimum absolute atomic E-state index is 0.0355. The summed E-state index contributed by atoms with van der Waals surface area (Å²) in [5, 5.41) is 14.2. The van der Waals surface area contributed by atoms with E-state index in [0.29, 0.717) is 5.02 Å². The van der Waals surface area contributed by atoms with E-state index in [4.69, 9.17) is 11.6 Å². The molecule has 1 aromatic carbocycles. The standard InChI is InChI=1S/C14H23ClN2O/c1-11(16-9-4-10-17(2)3)14(18)12-5-7-13(15)8-6-12/h5-8,11,14,16,18H,4,9-10H2,1-3H3. The zero-order valence-corrected chi connectivity index (χ0v) is 12.1. The Balaban J connectivity index is 2.36. The van der Waals surface area contributed by atoms with E-state index in [0.717, 1.165) is 25.1 Å². The van der Waals surface area contributed by atoms with Crippen molar-refractivity contribution >= 4 is 11.6 Å². The molecule has 0 aliphatic carbocycles. The topological polar surface area (TPSA) is 35.5 Å². The highest BCUT2D eigenvalue weighted by Gasteiger charge is 2.15. The second-order valence-electron chi connectivity index (χ2n) is 4.90. The Hall–Kier alpha value is -0.610. The summed E-state index contributed by atoms with van der Waals surface area (Å²) in [6, 6.07) is 7.38. The van der Waals surface area contributed by atoms with Gasteiger partial charge in [0.1, 0.15) is 0 Å².